The second kappa shape index (κ2) is 6.93. The largest absolute Gasteiger partial charge is 0.426 e. The minimum Gasteiger partial charge on any atom is -0.426 e. The van der Waals surface area contributed by atoms with E-state index in [0.717, 1.165) is 21.7 Å². The second-order valence-electron chi connectivity index (χ2n) is 5.52. The maximum absolute atomic E-state index is 13.0. The van der Waals surface area contributed by atoms with E-state index in [2.05, 4.69) is 4.98 Å². The fraction of sp³-hybridized carbons (Fsp3) is 0.158. The number of carbonyl (C=O) groups excluding carboxylic acids is 1. The highest BCUT2D eigenvalue weighted by Crippen LogP contribution is 2.25. The molecular formula is C19H16FNO2S. The zero-order valence-electron chi connectivity index (χ0n) is 13.4. The molecule has 24 heavy (non-hydrogen) atoms. The fourth-order valence-electron chi connectivity index (χ4n) is 2.37. The van der Waals surface area contributed by atoms with Crippen LogP contribution in [-0.4, -0.2) is 11.0 Å². The maximum Gasteiger partial charge on any atom is 0.317 e. The number of benzene rings is 2. The molecule has 0 aliphatic carbocycles. The minimum absolute atomic E-state index is 0.103. The highest BCUT2D eigenvalue weighted by Gasteiger charge is 2.13. The number of para-hydroxylation sites is 1. The Hall–Kier alpha value is -2.53. The van der Waals surface area contributed by atoms with Gasteiger partial charge in [0.25, 0.3) is 0 Å². The Morgan fingerprint density at radius 1 is 1.12 bits per heavy atom. The molecule has 0 saturated carbocycles. The first-order valence-electron chi connectivity index (χ1n) is 7.50. The normalized spacial score (nSPS) is 10.6. The van der Waals surface area contributed by atoms with Crippen molar-refractivity contribution in [1.82, 2.24) is 4.98 Å². The summed E-state index contributed by atoms with van der Waals surface area (Å²) in [5.41, 5.74) is 3.33. The van der Waals surface area contributed by atoms with Crippen molar-refractivity contribution in [2.45, 2.75) is 20.3 Å². The van der Waals surface area contributed by atoms with Gasteiger partial charge in [0.15, 0.2) is 0 Å². The molecule has 2 aromatic carbocycles. The van der Waals surface area contributed by atoms with Crippen molar-refractivity contribution in [3.63, 3.8) is 0 Å². The van der Waals surface area contributed by atoms with Crippen LogP contribution in [0.5, 0.6) is 5.75 Å². The number of carbonyl (C=O) groups is 1. The van der Waals surface area contributed by atoms with E-state index in [1.54, 1.807) is 12.1 Å². The lowest BCUT2D eigenvalue weighted by molar-refractivity contribution is -0.133. The van der Waals surface area contributed by atoms with Crippen molar-refractivity contribution in [2.24, 2.45) is 0 Å². The number of esters is 1. The van der Waals surface area contributed by atoms with Crippen molar-refractivity contribution < 1.29 is 13.9 Å². The van der Waals surface area contributed by atoms with E-state index in [4.69, 9.17) is 4.74 Å². The van der Waals surface area contributed by atoms with Crippen molar-refractivity contribution in [1.29, 1.82) is 0 Å². The second-order valence-corrected chi connectivity index (χ2v) is 6.38. The van der Waals surface area contributed by atoms with Gasteiger partial charge in [-0.05, 0) is 49.2 Å². The Morgan fingerprint density at radius 2 is 1.79 bits per heavy atom. The molecule has 0 amide bonds. The molecule has 1 heterocycles. The zero-order valence-corrected chi connectivity index (χ0v) is 14.2. The van der Waals surface area contributed by atoms with Crippen LogP contribution in [0.15, 0.2) is 47.8 Å². The monoisotopic (exact) mass is 341 g/mol. The number of ether oxygens (including phenoxy) is 1. The molecule has 122 valence electrons. The molecule has 0 fully saturated rings. The summed E-state index contributed by atoms with van der Waals surface area (Å²) >= 11 is 1.42. The van der Waals surface area contributed by atoms with E-state index in [-0.39, 0.29) is 18.2 Å². The van der Waals surface area contributed by atoms with Gasteiger partial charge >= 0.3 is 5.97 Å². The summed E-state index contributed by atoms with van der Waals surface area (Å²) in [7, 11) is 0. The van der Waals surface area contributed by atoms with Crippen molar-refractivity contribution >= 4 is 17.3 Å². The topological polar surface area (TPSA) is 39.2 Å². The molecule has 3 rings (SSSR count). The summed E-state index contributed by atoms with van der Waals surface area (Å²) in [6, 6.07) is 11.9. The molecule has 0 N–H and O–H groups in total. The van der Waals surface area contributed by atoms with Gasteiger partial charge in [0.2, 0.25) is 0 Å². The average molecular weight is 341 g/mol. The van der Waals surface area contributed by atoms with Crippen LogP contribution in [0.1, 0.15) is 16.8 Å². The van der Waals surface area contributed by atoms with Gasteiger partial charge in [0.05, 0.1) is 12.1 Å². The van der Waals surface area contributed by atoms with Gasteiger partial charge in [-0.3, -0.25) is 4.79 Å². The number of nitrogens with zero attached hydrogens (tertiary/aromatic N) is 1. The van der Waals surface area contributed by atoms with Crippen LogP contribution in [-0.2, 0) is 11.2 Å². The number of hydrogen-bond acceptors (Lipinski definition) is 4. The summed E-state index contributed by atoms with van der Waals surface area (Å²) in [5.74, 6) is -0.0208. The highest BCUT2D eigenvalue weighted by atomic mass is 32.1. The van der Waals surface area contributed by atoms with Crippen molar-refractivity contribution in [3.05, 3.63) is 70.5 Å². The summed E-state index contributed by atoms with van der Waals surface area (Å²) in [6.07, 6.45) is 0.103. The first-order chi connectivity index (χ1) is 11.5. The third-order valence-electron chi connectivity index (χ3n) is 3.59. The molecule has 0 radical (unpaired) electrons. The number of thiazole rings is 1. The van der Waals surface area contributed by atoms with E-state index in [1.165, 1.54) is 23.5 Å². The summed E-state index contributed by atoms with van der Waals surface area (Å²) in [6.45, 7) is 3.82. The fourth-order valence-corrected chi connectivity index (χ4v) is 3.20. The van der Waals surface area contributed by atoms with Crippen LogP contribution < -0.4 is 4.74 Å². The molecule has 3 aromatic rings. The lowest BCUT2D eigenvalue weighted by Crippen LogP contribution is -2.13. The molecular weight excluding hydrogens is 325 g/mol. The van der Waals surface area contributed by atoms with Crippen LogP contribution in [0, 0.1) is 19.7 Å². The molecule has 0 aliphatic heterocycles. The lowest BCUT2D eigenvalue weighted by Gasteiger charge is -2.09. The predicted molar refractivity (Wildman–Crippen MR) is 92.8 cm³/mol. The highest BCUT2D eigenvalue weighted by molar-refractivity contribution is 7.13. The zero-order chi connectivity index (χ0) is 17.1. The Labute approximate surface area is 143 Å². The Kier molecular flexibility index (Phi) is 4.71. The maximum atomic E-state index is 13.0. The number of rotatable bonds is 4. The van der Waals surface area contributed by atoms with E-state index in [1.807, 2.05) is 37.4 Å². The van der Waals surface area contributed by atoms with E-state index in [9.17, 15) is 9.18 Å². The number of hydrogen-bond donors (Lipinski definition) is 0. The summed E-state index contributed by atoms with van der Waals surface area (Å²) in [5, 5.41) is 2.58. The Balaban J connectivity index is 1.70. The smallest absolute Gasteiger partial charge is 0.317 e. The van der Waals surface area contributed by atoms with Crippen molar-refractivity contribution in [2.75, 3.05) is 0 Å². The van der Waals surface area contributed by atoms with E-state index >= 15 is 0 Å². The minimum atomic E-state index is -0.344. The molecule has 3 nitrogen and oxygen atoms in total. The van der Waals surface area contributed by atoms with Crippen LogP contribution in [0.25, 0.3) is 10.6 Å². The number of aromatic nitrogens is 1. The van der Waals surface area contributed by atoms with Gasteiger partial charge in [-0.25, -0.2) is 9.37 Å². The van der Waals surface area contributed by atoms with E-state index in [0.29, 0.717) is 11.4 Å². The molecule has 0 spiro atoms. The summed E-state index contributed by atoms with van der Waals surface area (Å²) < 4.78 is 18.5. The molecule has 0 saturated heterocycles. The van der Waals surface area contributed by atoms with Crippen molar-refractivity contribution in [3.8, 4) is 16.3 Å². The quantitative estimate of drug-likeness (QED) is 0.509. The number of halogens is 1. The third kappa shape index (κ3) is 3.68. The third-order valence-corrected chi connectivity index (χ3v) is 4.53. The van der Waals surface area contributed by atoms with Gasteiger partial charge in [0.1, 0.15) is 16.6 Å². The van der Waals surface area contributed by atoms with Crippen LogP contribution in [0.4, 0.5) is 4.39 Å². The molecule has 0 bridgehead atoms. The summed E-state index contributed by atoms with van der Waals surface area (Å²) in [4.78, 5) is 16.6. The van der Waals surface area contributed by atoms with Crippen LogP contribution in [0.2, 0.25) is 0 Å². The molecule has 0 aliphatic rings. The molecule has 5 heteroatoms. The van der Waals surface area contributed by atoms with Gasteiger partial charge < -0.3 is 4.74 Å². The van der Waals surface area contributed by atoms with Crippen LogP contribution >= 0.6 is 11.3 Å². The van der Waals surface area contributed by atoms with Crippen LogP contribution in [0.3, 0.4) is 0 Å². The molecule has 0 unspecified atom stereocenters. The Morgan fingerprint density at radius 3 is 2.46 bits per heavy atom. The van der Waals surface area contributed by atoms with Gasteiger partial charge in [-0.15, -0.1) is 11.3 Å². The number of aryl methyl sites for hydroxylation is 2. The van der Waals surface area contributed by atoms with Gasteiger partial charge in [-0.2, -0.15) is 0 Å². The van der Waals surface area contributed by atoms with Gasteiger partial charge in [0, 0.05) is 10.9 Å². The SMILES string of the molecule is Cc1cccc(C)c1OC(=O)Cc1csc(-c2ccc(F)cc2)n1. The predicted octanol–water partition coefficient (Wildman–Crippen LogP) is 4.71. The molecule has 1 aromatic heterocycles. The van der Waals surface area contributed by atoms with Gasteiger partial charge in [-0.1, -0.05) is 18.2 Å². The molecule has 0 atom stereocenters. The standard InChI is InChI=1S/C19H16FNO2S/c1-12-4-3-5-13(2)18(12)23-17(22)10-16-11-24-19(21-16)14-6-8-15(20)9-7-14/h3-9,11H,10H2,1-2H3. The Bertz CT molecular complexity index is 851. The first kappa shape index (κ1) is 16.3. The first-order valence-corrected chi connectivity index (χ1v) is 8.38. The lowest BCUT2D eigenvalue weighted by atomic mass is 10.1. The van der Waals surface area contributed by atoms with E-state index < -0.39 is 0 Å². The average Bonchev–Trinajstić information content (AvgIpc) is 3.00.